The molecule has 1 heterocycles. The highest BCUT2D eigenvalue weighted by atomic mass is 79.9. The van der Waals surface area contributed by atoms with Gasteiger partial charge in [-0.05, 0) is 41.4 Å². The van der Waals surface area contributed by atoms with Gasteiger partial charge in [0, 0.05) is 10.5 Å². The van der Waals surface area contributed by atoms with E-state index in [1.165, 1.54) is 6.20 Å². The zero-order chi connectivity index (χ0) is 15.2. The minimum atomic E-state index is -0.288. The molecule has 0 aliphatic carbocycles. The highest BCUT2D eigenvalue weighted by molar-refractivity contribution is 9.10. The Morgan fingerprint density at radius 2 is 2.05 bits per heavy atom. The third-order valence-corrected chi connectivity index (χ3v) is 3.70. The zero-order valence-corrected chi connectivity index (χ0v) is 13.5. The normalized spacial score (nSPS) is 11.8. The predicted octanol–water partition coefficient (Wildman–Crippen LogP) is 3.70. The van der Waals surface area contributed by atoms with Gasteiger partial charge in [0.2, 0.25) is 0 Å². The van der Waals surface area contributed by atoms with Gasteiger partial charge in [-0.3, -0.25) is 4.79 Å². The number of hydrogen-bond acceptors (Lipinski definition) is 4. The van der Waals surface area contributed by atoms with Gasteiger partial charge in [0.05, 0.1) is 18.1 Å². The van der Waals surface area contributed by atoms with E-state index < -0.39 is 0 Å². The van der Waals surface area contributed by atoms with E-state index in [1.54, 1.807) is 6.20 Å². The SMILES string of the molecule is CCC(C)Nc1cnc(C(=O)Nc2ccccc2Br)cn1. The predicted molar refractivity (Wildman–Crippen MR) is 87.5 cm³/mol. The number of carbonyl (C=O) groups excluding carboxylic acids is 1. The Labute approximate surface area is 132 Å². The van der Waals surface area contributed by atoms with Crippen LogP contribution in [0.25, 0.3) is 0 Å². The highest BCUT2D eigenvalue weighted by Crippen LogP contribution is 2.21. The zero-order valence-electron chi connectivity index (χ0n) is 11.9. The van der Waals surface area contributed by atoms with E-state index in [0.717, 1.165) is 10.9 Å². The number of halogens is 1. The lowest BCUT2D eigenvalue weighted by Crippen LogP contribution is -2.17. The van der Waals surface area contributed by atoms with Gasteiger partial charge in [0.1, 0.15) is 11.5 Å². The second kappa shape index (κ2) is 7.17. The Bertz CT molecular complexity index is 615. The Balaban J connectivity index is 2.05. The molecule has 1 unspecified atom stereocenters. The lowest BCUT2D eigenvalue weighted by molar-refractivity contribution is 0.102. The van der Waals surface area contributed by atoms with Crippen LogP contribution in [0.15, 0.2) is 41.1 Å². The Morgan fingerprint density at radius 3 is 2.67 bits per heavy atom. The second-order valence-electron chi connectivity index (χ2n) is 4.67. The van der Waals surface area contributed by atoms with E-state index in [4.69, 9.17) is 0 Å². The first kappa shape index (κ1) is 15.4. The number of aromatic nitrogens is 2. The van der Waals surface area contributed by atoms with Gasteiger partial charge in [-0.1, -0.05) is 19.1 Å². The second-order valence-corrected chi connectivity index (χ2v) is 5.53. The summed E-state index contributed by atoms with van der Waals surface area (Å²) in [5.74, 6) is 0.381. The van der Waals surface area contributed by atoms with Gasteiger partial charge >= 0.3 is 0 Å². The number of anilines is 2. The van der Waals surface area contributed by atoms with Crippen molar-refractivity contribution in [2.45, 2.75) is 26.3 Å². The molecular formula is C15H17BrN4O. The molecule has 0 aliphatic heterocycles. The molecule has 0 radical (unpaired) electrons. The molecule has 0 saturated carbocycles. The maximum Gasteiger partial charge on any atom is 0.275 e. The summed E-state index contributed by atoms with van der Waals surface area (Å²) in [4.78, 5) is 20.4. The summed E-state index contributed by atoms with van der Waals surface area (Å²) < 4.78 is 0.821. The van der Waals surface area contributed by atoms with E-state index in [9.17, 15) is 4.79 Å². The monoisotopic (exact) mass is 348 g/mol. The van der Waals surface area contributed by atoms with Crippen LogP contribution in [0, 0.1) is 0 Å². The third kappa shape index (κ3) is 4.26. The average molecular weight is 349 g/mol. The van der Waals surface area contributed by atoms with E-state index in [0.29, 0.717) is 17.5 Å². The molecule has 1 atom stereocenters. The fraction of sp³-hybridized carbons (Fsp3) is 0.267. The molecule has 0 fully saturated rings. The standard InChI is InChI=1S/C15H17BrN4O/c1-3-10(2)19-14-9-17-13(8-18-14)15(21)20-12-7-5-4-6-11(12)16/h4-10H,3H2,1-2H3,(H,18,19)(H,20,21). The van der Waals surface area contributed by atoms with Crippen LogP contribution in [-0.4, -0.2) is 21.9 Å². The molecule has 0 aliphatic rings. The molecular weight excluding hydrogens is 332 g/mol. The molecule has 2 N–H and O–H groups in total. The summed E-state index contributed by atoms with van der Waals surface area (Å²) in [5, 5.41) is 5.99. The number of carbonyl (C=O) groups is 1. The summed E-state index contributed by atoms with van der Waals surface area (Å²) >= 11 is 3.38. The van der Waals surface area contributed by atoms with E-state index in [-0.39, 0.29) is 11.6 Å². The quantitative estimate of drug-likeness (QED) is 0.864. The number of nitrogens with one attached hydrogen (secondary N) is 2. The van der Waals surface area contributed by atoms with Gasteiger partial charge in [-0.15, -0.1) is 0 Å². The summed E-state index contributed by atoms with van der Waals surface area (Å²) in [7, 11) is 0. The summed E-state index contributed by atoms with van der Waals surface area (Å²) in [5.41, 5.74) is 0.978. The van der Waals surface area contributed by atoms with Crippen molar-refractivity contribution in [1.29, 1.82) is 0 Å². The van der Waals surface area contributed by atoms with Gasteiger partial charge in [-0.2, -0.15) is 0 Å². The smallest absolute Gasteiger partial charge is 0.275 e. The summed E-state index contributed by atoms with van der Waals surface area (Å²) in [6, 6.07) is 7.73. The molecule has 6 heteroatoms. The van der Waals surface area contributed by atoms with Crippen molar-refractivity contribution >= 4 is 33.3 Å². The van der Waals surface area contributed by atoms with Crippen molar-refractivity contribution in [2.75, 3.05) is 10.6 Å². The van der Waals surface area contributed by atoms with Gasteiger partial charge in [0.15, 0.2) is 0 Å². The van der Waals surface area contributed by atoms with E-state index in [2.05, 4.69) is 50.4 Å². The molecule has 0 saturated heterocycles. The fourth-order valence-electron chi connectivity index (χ4n) is 1.62. The lowest BCUT2D eigenvalue weighted by atomic mass is 10.2. The first-order valence-corrected chi connectivity index (χ1v) is 7.54. The van der Waals surface area contributed by atoms with Crippen LogP contribution in [0.3, 0.4) is 0 Å². The molecule has 1 aromatic carbocycles. The minimum Gasteiger partial charge on any atom is -0.366 e. The van der Waals surface area contributed by atoms with Crippen LogP contribution in [0.5, 0.6) is 0 Å². The van der Waals surface area contributed by atoms with E-state index in [1.807, 2.05) is 24.3 Å². The van der Waals surface area contributed by atoms with Crippen LogP contribution >= 0.6 is 15.9 Å². The molecule has 1 amide bonds. The summed E-state index contributed by atoms with van der Waals surface area (Å²) in [6.07, 6.45) is 4.03. The Morgan fingerprint density at radius 1 is 1.29 bits per heavy atom. The van der Waals surface area contributed by atoms with Crippen LogP contribution in [0.1, 0.15) is 30.8 Å². The molecule has 21 heavy (non-hydrogen) atoms. The fourth-order valence-corrected chi connectivity index (χ4v) is 2.01. The highest BCUT2D eigenvalue weighted by Gasteiger charge is 2.10. The Kier molecular flexibility index (Phi) is 5.27. The first-order valence-electron chi connectivity index (χ1n) is 6.74. The van der Waals surface area contributed by atoms with Gasteiger partial charge < -0.3 is 10.6 Å². The van der Waals surface area contributed by atoms with Crippen molar-refractivity contribution in [3.05, 3.63) is 46.8 Å². The van der Waals surface area contributed by atoms with Crippen molar-refractivity contribution in [2.24, 2.45) is 0 Å². The van der Waals surface area contributed by atoms with Crippen LogP contribution in [0.2, 0.25) is 0 Å². The number of rotatable bonds is 5. The molecule has 2 rings (SSSR count). The van der Waals surface area contributed by atoms with E-state index >= 15 is 0 Å². The molecule has 0 bridgehead atoms. The molecule has 0 spiro atoms. The maximum atomic E-state index is 12.1. The van der Waals surface area contributed by atoms with Gasteiger partial charge in [0.25, 0.3) is 5.91 Å². The van der Waals surface area contributed by atoms with Crippen molar-refractivity contribution in [3.63, 3.8) is 0 Å². The minimum absolute atomic E-state index is 0.278. The summed E-state index contributed by atoms with van der Waals surface area (Å²) in [6.45, 7) is 4.15. The molecule has 5 nitrogen and oxygen atoms in total. The average Bonchev–Trinajstić information content (AvgIpc) is 2.50. The van der Waals surface area contributed by atoms with Crippen molar-refractivity contribution < 1.29 is 4.79 Å². The Hall–Kier alpha value is -1.95. The number of hydrogen-bond donors (Lipinski definition) is 2. The van der Waals surface area contributed by atoms with Crippen molar-refractivity contribution in [1.82, 2.24) is 9.97 Å². The number of nitrogens with zero attached hydrogens (tertiary/aromatic N) is 2. The third-order valence-electron chi connectivity index (χ3n) is 3.01. The first-order chi connectivity index (χ1) is 10.1. The van der Waals surface area contributed by atoms with Crippen LogP contribution < -0.4 is 10.6 Å². The molecule has 2 aromatic rings. The largest absolute Gasteiger partial charge is 0.366 e. The molecule has 1 aromatic heterocycles. The van der Waals surface area contributed by atoms with Crippen molar-refractivity contribution in [3.8, 4) is 0 Å². The van der Waals surface area contributed by atoms with Crippen LogP contribution in [-0.2, 0) is 0 Å². The maximum absolute atomic E-state index is 12.1. The van der Waals surface area contributed by atoms with Crippen LogP contribution in [0.4, 0.5) is 11.5 Å². The molecule has 110 valence electrons. The topological polar surface area (TPSA) is 66.9 Å². The number of amides is 1. The number of benzene rings is 1. The number of para-hydroxylation sites is 1. The lowest BCUT2D eigenvalue weighted by Gasteiger charge is -2.11. The van der Waals surface area contributed by atoms with Gasteiger partial charge in [-0.25, -0.2) is 9.97 Å².